The molecule has 1 N–H and O–H groups in total. The van der Waals surface area contributed by atoms with E-state index in [2.05, 4.69) is 47.2 Å². The Morgan fingerprint density at radius 3 is 2.82 bits per heavy atom. The van der Waals surface area contributed by atoms with Gasteiger partial charge in [-0.15, -0.1) is 0 Å². The number of nitrogens with one attached hydrogen (secondary N) is 1. The third-order valence-corrected chi connectivity index (χ3v) is 6.05. The third kappa shape index (κ3) is 4.73. The molecule has 4 nitrogen and oxygen atoms in total. The fourth-order valence-electron chi connectivity index (χ4n) is 3.36. The number of carbonyl (C=O) groups is 1. The Morgan fingerprint density at radius 1 is 1.32 bits per heavy atom. The Bertz CT molecular complexity index is 898. The Hall–Kier alpha value is -1.92. The van der Waals surface area contributed by atoms with Gasteiger partial charge in [-0.3, -0.25) is 10.1 Å². The van der Waals surface area contributed by atoms with Crippen LogP contribution in [0.2, 0.25) is 0 Å². The molecule has 3 rings (SSSR count). The number of hydrogen-bond donors (Lipinski definition) is 1. The van der Waals surface area contributed by atoms with E-state index in [1.54, 1.807) is 0 Å². The van der Waals surface area contributed by atoms with Crippen molar-refractivity contribution in [3.63, 3.8) is 0 Å². The number of ether oxygens (including phenoxy) is 1. The smallest absolute Gasteiger partial charge is 0.264 e. The number of para-hydroxylation sites is 1. The van der Waals surface area contributed by atoms with Crippen molar-refractivity contribution >= 4 is 44.9 Å². The fourth-order valence-corrected chi connectivity index (χ4v) is 4.02. The van der Waals surface area contributed by atoms with Gasteiger partial charge in [0.25, 0.3) is 5.91 Å². The first-order chi connectivity index (χ1) is 13.4. The van der Waals surface area contributed by atoms with Crippen LogP contribution >= 0.6 is 28.1 Å². The summed E-state index contributed by atoms with van der Waals surface area (Å²) in [5.74, 6) is 0.782. The molecule has 0 unspecified atom stereocenters. The predicted octanol–water partition coefficient (Wildman–Crippen LogP) is 5.11. The number of anilines is 1. The number of benzene rings is 2. The largest absolute Gasteiger partial charge is 0.483 e. The highest BCUT2D eigenvalue weighted by Gasteiger charge is 2.21. The molecule has 0 spiro atoms. The number of amides is 1. The van der Waals surface area contributed by atoms with Gasteiger partial charge >= 0.3 is 0 Å². The summed E-state index contributed by atoms with van der Waals surface area (Å²) in [6, 6.07) is 12.2. The van der Waals surface area contributed by atoms with E-state index >= 15 is 0 Å². The van der Waals surface area contributed by atoms with Gasteiger partial charge in [0.15, 0.2) is 11.7 Å². The van der Waals surface area contributed by atoms with E-state index in [4.69, 9.17) is 17.0 Å². The number of fused-ring (bicyclic) bond motifs is 1. The van der Waals surface area contributed by atoms with Gasteiger partial charge in [0, 0.05) is 16.7 Å². The van der Waals surface area contributed by atoms with Crippen LogP contribution in [0.15, 0.2) is 40.9 Å². The van der Waals surface area contributed by atoms with Crippen molar-refractivity contribution in [2.24, 2.45) is 0 Å². The number of halogens is 1. The van der Waals surface area contributed by atoms with Gasteiger partial charge in [0.2, 0.25) is 0 Å². The highest BCUT2D eigenvalue weighted by molar-refractivity contribution is 9.10. The zero-order valence-corrected chi connectivity index (χ0v) is 18.8. The summed E-state index contributed by atoms with van der Waals surface area (Å²) >= 11 is 9.06. The number of aryl methyl sites for hydroxylation is 2. The number of rotatable bonds is 4. The highest BCUT2D eigenvalue weighted by Crippen LogP contribution is 2.32. The van der Waals surface area contributed by atoms with Crippen molar-refractivity contribution in [1.82, 2.24) is 5.32 Å². The second-order valence-corrected chi connectivity index (χ2v) is 8.56. The normalized spacial score (nSPS) is 13.2. The first-order valence-electron chi connectivity index (χ1n) is 9.49. The van der Waals surface area contributed by atoms with E-state index in [9.17, 15) is 4.79 Å². The molecule has 0 aromatic heterocycles. The average Bonchev–Trinajstić information content (AvgIpc) is 2.67. The maximum Gasteiger partial charge on any atom is 0.264 e. The van der Waals surface area contributed by atoms with Crippen molar-refractivity contribution in [3.05, 3.63) is 57.6 Å². The van der Waals surface area contributed by atoms with Crippen LogP contribution in [0.1, 0.15) is 42.9 Å². The SMILES string of the molecule is Cc1cc(OCC(=O)NC(=S)N2CCCc3ccccc32)c(C(C)C)cc1Br. The zero-order valence-electron chi connectivity index (χ0n) is 16.4. The van der Waals surface area contributed by atoms with Crippen molar-refractivity contribution in [3.8, 4) is 5.75 Å². The van der Waals surface area contributed by atoms with Gasteiger partial charge in [0.05, 0.1) is 0 Å². The summed E-state index contributed by atoms with van der Waals surface area (Å²) < 4.78 is 6.88. The monoisotopic (exact) mass is 460 g/mol. The van der Waals surface area contributed by atoms with Crippen molar-refractivity contribution in [2.75, 3.05) is 18.1 Å². The molecule has 2 aromatic rings. The molecule has 2 aromatic carbocycles. The average molecular weight is 461 g/mol. The van der Waals surface area contributed by atoms with Crippen LogP contribution < -0.4 is 15.0 Å². The minimum atomic E-state index is -0.247. The number of nitrogens with zero attached hydrogens (tertiary/aromatic N) is 1. The molecule has 1 aliphatic heterocycles. The molecule has 1 heterocycles. The summed E-state index contributed by atoms with van der Waals surface area (Å²) in [6.45, 7) is 6.95. The third-order valence-electron chi connectivity index (χ3n) is 4.87. The molecular weight excluding hydrogens is 436 g/mol. The van der Waals surface area contributed by atoms with Gasteiger partial charge in [0.1, 0.15) is 5.75 Å². The van der Waals surface area contributed by atoms with Gasteiger partial charge in [-0.1, -0.05) is 48.0 Å². The fraction of sp³-hybridized carbons (Fsp3) is 0.364. The quantitative estimate of drug-likeness (QED) is 0.643. The Balaban J connectivity index is 1.64. The summed E-state index contributed by atoms with van der Waals surface area (Å²) in [5.41, 5.74) is 4.47. The lowest BCUT2D eigenvalue weighted by Gasteiger charge is -2.31. The van der Waals surface area contributed by atoms with Gasteiger partial charge < -0.3 is 9.64 Å². The molecule has 28 heavy (non-hydrogen) atoms. The van der Waals surface area contributed by atoms with Crippen LogP contribution in [0.25, 0.3) is 0 Å². The van der Waals surface area contributed by atoms with Crippen molar-refractivity contribution < 1.29 is 9.53 Å². The second-order valence-electron chi connectivity index (χ2n) is 7.32. The summed E-state index contributed by atoms with van der Waals surface area (Å²) in [4.78, 5) is 14.5. The van der Waals surface area contributed by atoms with E-state index in [0.717, 1.165) is 46.4 Å². The number of thiocarbonyl (C=S) groups is 1. The molecular formula is C22H25BrN2O2S. The predicted molar refractivity (Wildman–Crippen MR) is 121 cm³/mol. The van der Waals surface area contributed by atoms with Gasteiger partial charge in [-0.05, 0) is 72.8 Å². The van der Waals surface area contributed by atoms with Crippen LogP contribution in [0.4, 0.5) is 5.69 Å². The second kappa shape index (κ2) is 9.05. The molecule has 1 aliphatic rings. The molecule has 0 aliphatic carbocycles. The molecule has 6 heteroatoms. The topological polar surface area (TPSA) is 41.6 Å². The van der Waals surface area contributed by atoms with E-state index in [1.165, 1.54) is 5.56 Å². The van der Waals surface area contributed by atoms with E-state index in [1.807, 2.05) is 36.1 Å². The molecule has 0 radical (unpaired) electrons. The molecule has 0 fully saturated rings. The van der Waals surface area contributed by atoms with Crippen molar-refractivity contribution in [1.29, 1.82) is 0 Å². The summed E-state index contributed by atoms with van der Waals surface area (Å²) in [5, 5.41) is 3.25. The number of carbonyl (C=O) groups excluding carboxylic acids is 1. The Morgan fingerprint density at radius 2 is 2.07 bits per heavy atom. The van der Waals surface area contributed by atoms with Gasteiger partial charge in [-0.2, -0.15) is 0 Å². The minimum Gasteiger partial charge on any atom is -0.483 e. The molecule has 0 saturated heterocycles. The zero-order chi connectivity index (χ0) is 20.3. The van der Waals surface area contributed by atoms with Gasteiger partial charge in [-0.25, -0.2) is 0 Å². The van der Waals surface area contributed by atoms with E-state index < -0.39 is 0 Å². The standard InChI is InChI=1S/C22H25BrN2O2S/c1-14(2)17-12-18(23)15(3)11-20(17)27-13-21(26)24-22(28)25-10-6-8-16-7-4-5-9-19(16)25/h4-5,7,9,11-12,14H,6,8,10,13H2,1-3H3,(H,24,26,28). The number of hydrogen-bond acceptors (Lipinski definition) is 3. The lowest BCUT2D eigenvalue weighted by atomic mass is 10.0. The van der Waals surface area contributed by atoms with E-state index in [0.29, 0.717) is 11.0 Å². The van der Waals surface area contributed by atoms with Crippen LogP contribution in [-0.4, -0.2) is 24.2 Å². The molecule has 1 amide bonds. The van der Waals surface area contributed by atoms with Crippen LogP contribution in [0, 0.1) is 6.92 Å². The maximum atomic E-state index is 12.5. The first-order valence-corrected chi connectivity index (χ1v) is 10.7. The Kier molecular flexibility index (Phi) is 6.73. The molecule has 0 bridgehead atoms. The van der Waals surface area contributed by atoms with Crippen molar-refractivity contribution in [2.45, 2.75) is 39.5 Å². The lowest BCUT2D eigenvalue weighted by molar-refractivity contribution is -0.121. The summed E-state index contributed by atoms with van der Waals surface area (Å²) in [6.07, 6.45) is 2.05. The van der Waals surface area contributed by atoms with Crippen LogP contribution in [-0.2, 0) is 11.2 Å². The molecule has 0 atom stereocenters. The van der Waals surface area contributed by atoms with Crippen LogP contribution in [0.3, 0.4) is 0 Å². The minimum absolute atomic E-state index is 0.0730. The lowest BCUT2D eigenvalue weighted by Crippen LogP contribution is -2.46. The highest BCUT2D eigenvalue weighted by atomic mass is 79.9. The first kappa shape index (κ1) is 20.8. The maximum absolute atomic E-state index is 12.5. The summed E-state index contributed by atoms with van der Waals surface area (Å²) in [7, 11) is 0. The van der Waals surface area contributed by atoms with E-state index in [-0.39, 0.29) is 12.5 Å². The molecule has 148 valence electrons. The Labute approximate surface area is 180 Å². The molecule has 0 saturated carbocycles. The van der Waals surface area contributed by atoms with Crippen LogP contribution in [0.5, 0.6) is 5.75 Å².